The van der Waals surface area contributed by atoms with Gasteiger partial charge in [-0.25, -0.2) is 4.79 Å². The van der Waals surface area contributed by atoms with Crippen LogP contribution in [0.5, 0.6) is 5.75 Å². The molecule has 1 N–H and O–H groups in total. The zero-order chi connectivity index (χ0) is 17.1. The fourth-order valence-electron chi connectivity index (χ4n) is 2.67. The fourth-order valence-corrected chi connectivity index (χ4v) is 2.83. The van der Waals surface area contributed by atoms with Crippen LogP contribution in [0.3, 0.4) is 0 Å². The van der Waals surface area contributed by atoms with Crippen LogP contribution in [0.4, 0.5) is 10.5 Å². The maximum atomic E-state index is 12.4. The SMILES string of the molecule is Cc1ccc(NC(=O)N2CCC(Oc3ccncc3Cl)C2)cc1C. The maximum Gasteiger partial charge on any atom is 0.321 e. The number of carbonyl (C=O) groups excluding carboxylic acids is 1. The molecule has 24 heavy (non-hydrogen) atoms. The van der Waals surface area contributed by atoms with E-state index in [9.17, 15) is 4.79 Å². The summed E-state index contributed by atoms with van der Waals surface area (Å²) in [4.78, 5) is 18.1. The Balaban J connectivity index is 1.57. The van der Waals surface area contributed by atoms with Crippen molar-refractivity contribution >= 4 is 23.3 Å². The average Bonchev–Trinajstić information content (AvgIpc) is 3.02. The highest BCUT2D eigenvalue weighted by atomic mass is 35.5. The number of halogens is 1. The van der Waals surface area contributed by atoms with E-state index in [0.29, 0.717) is 23.9 Å². The van der Waals surface area contributed by atoms with Crippen LogP contribution in [0.25, 0.3) is 0 Å². The number of aromatic nitrogens is 1. The molecular formula is C18H20ClN3O2. The van der Waals surface area contributed by atoms with Crippen LogP contribution in [0.2, 0.25) is 5.02 Å². The van der Waals surface area contributed by atoms with Crippen LogP contribution in [-0.2, 0) is 0 Å². The molecule has 1 atom stereocenters. The van der Waals surface area contributed by atoms with Crippen molar-refractivity contribution in [3.05, 3.63) is 52.8 Å². The summed E-state index contributed by atoms with van der Waals surface area (Å²) in [7, 11) is 0. The van der Waals surface area contributed by atoms with E-state index < -0.39 is 0 Å². The van der Waals surface area contributed by atoms with E-state index in [1.807, 2.05) is 32.0 Å². The van der Waals surface area contributed by atoms with E-state index in [1.165, 1.54) is 5.56 Å². The van der Waals surface area contributed by atoms with Crippen molar-refractivity contribution in [2.75, 3.05) is 18.4 Å². The number of likely N-dealkylation sites (tertiary alicyclic amines) is 1. The van der Waals surface area contributed by atoms with Crippen molar-refractivity contribution in [3.63, 3.8) is 0 Å². The van der Waals surface area contributed by atoms with Crippen molar-refractivity contribution in [2.45, 2.75) is 26.4 Å². The van der Waals surface area contributed by atoms with Crippen molar-refractivity contribution in [3.8, 4) is 5.75 Å². The first-order chi connectivity index (χ1) is 11.5. The molecule has 0 spiro atoms. The molecule has 0 bridgehead atoms. The molecule has 126 valence electrons. The number of aryl methyl sites for hydroxylation is 2. The Labute approximate surface area is 146 Å². The number of ether oxygens (including phenoxy) is 1. The van der Waals surface area contributed by atoms with Crippen molar-refractivity contribution in [1.82, 2.24) is 9.88 Å². The summed E-state index contributed by atoms with van der Waals surface area (Å²) in [5.74, 6) is 0.605. The number of anilines is 1. The number of amides is 2. The smallest absolute Gasteiger partial charge is 0.321 e. The highest BCUT2D eigenvalue weighted by molar-refractivity contribution is 6.31. The van der Waals surface area contributed by atoms with Gasteiger partial charge in [0.15, 0.2) is 0 Å². The predicted octanol–water partition coefficient (Wildman–Crippen LogP) is 4.04. The molecule has 1 saturated heterocycles. The summed E-state index contributed by atoms with van der Waals surface area (Å²) in [6.45, 7) is 5.27. The number of hydrogen-bond donors (Lipinski definition) is 1. The molecular weight excluding hydrogens is 326 g/mol. The number of hydrogen-bond acceptors (Lipinski definition) is 3. The Morgan fingerprint density at radius 2 is 2.17 bits per heavy atom. The zero-order valence-electron chi connectivity index (χ0n) is 13.8. The maximum absolute atomic E-state index is 12.4. The number of rotatable bonds is 3. The summed E-state index contributed by atoms with van der Waals surface area (Å²) in [5.41, 5.74) is 3.17. The Bertz CT molecular complexity index is 751. The highest BCUT2D eigenvalue weighted by Crippen LogP contribution is 2.26. The summed E-state index contributed by atoms with van der Waals surface area (Å²) in [6, 6.07) is 7.53. The van der Waals surface area contributed by atoms with Crippen LogP contribution in [0, 0.1) is 13.8 Å². The van der Waals surface area contributed by atoms with Crippen LogP contribution >= 0.6 is 11.6 Å². The minimum Gasteiger partial charge on any atom is -0.487 e. The lowest BCUT2D eigenvalue weighted by Gasteiger charge is -2.18. The standard InChI is InChI=1S/C18H20ClN3O2/c1-12-3-4-14(9-13(12)2)21-18(23)22-8-6-15(11-22)24-17-5-7-20-10-16(17)19/h3-5,7,9-10,15H,6,8,11H2,1-2H3,(H,21,23). The molecule has 0 aliphatic carbocycles. The molecule has 1 aromatic carbocycles. The number of nitrogens with one attached hydrogen (secondary N) is 1. The number of benzene rings is 1. The van der Waals surface area contributed by atoms with E-state index in [2.05, 4.69) is 10.3 Å². The van der Waals surface area contributed by atoms with E-state index >= 15 is 0 Å². The molecule has 1 fully saturated rings. The average molecular weight is 346 g/mol. The second-order valence-electron chi connectivity index (χ2n) is 6.01. The number of urea groups is 1. The molecule has 0 saturated carbocycles. The van der Waals surface area contributed by atoms with Gasteiger partial charge in [-0.1, -0.05) is 17.7 Å². The summed E-state index contributed by atoms with van der Waals surface area (Å²) in [6.07, 6.45) is 3.91. The molecule has 0 radical (unpaired) electrons. The first-order valence-corrected chi connectivity index (χ1v) is 8.30. The van der Waals surface area contributed by atoms with E-state index in [4.69, 9.17) is 16.3 Å². The highest BCUT2D eigenvalue weighted by Gasteiger charge is 2.28. The first kappa shape index (κ1) is 16.6. The molecule has 6 heteroatoms. The lowest BCUT2D eigenvalue weighted by molar-refractivity contribution is 0.195. The molecule has 2 amide bonds. The number of pyridine rings is 1. The van der Waals surface area contributed by atoms with Gasteiger partial charge in [-0.05, 0) is 37.1 Å². The third-order valence-corrected chi connectivity index (χ3v) is 4.50. The molecule has 1 aliphatic rings. The Kier molecular flexibility index (Phi) is 4.90. The fraction of sp³-hybridized carbons (Fsp3) is 0.333. The molecule has 2 heterocycles. The van der Waals surface area contributed by atoms with Crippen LogP contribution in [-0.4, -0.2) is 35.1 Å². The normalized spacial score (nSPS) is 17.0. The Hall–Kier alpha value is -2.27. The minimum atomic E-state index is -0.106. The molecule has 3 rings (SSSR count). The Morgan fingerprint density at radius 3 is 2.92 bits per heavy atom. The summed E-state index contributed by atoms with van der Waals surface area (Å²) in [5, 5.41) is 3.43. The lowest BCUT2D eigenvalue weighted by Crippen LogP contribution is -2.34. The third kappa shape index (κ3) is 3.79. The number of carbonyl (C=O) groups is 1. The Morgan fingerprint density at radius 1 is 1.33 bits per heavy atom. The molecule has 1 aliphatic heterocycles. The predicted molar refractivity (Wildman–Crippen MR) is 94.8 cm³/mol. The van der Waals surface area contributed by atoms with Gasteiger partial charge in [-0.2, -0.15) is 0 Å². The third-order valence-electron chi connectivity index (χ3n) is 4.22. The van der Waals surface area contributed by atoms with E-state index in [0.717, 1.165) is 17.7 Å². The van der Waals surface area contributed by atoms with Crippen molar-refractivity contribution in [2.24, 2.45) is 0 Å². The van der Waals surface area contributed by atoms with E-state index in [1.54, 1.807) is 23.4 Å². The van der Waals surface area contributed by atoms with Gasteiger partial charge in [-0.15, -0.1) is 0 Å². The largest absolute Gasteiger partial charge is 0.487 e. The van der Waals surface area contributed by atoms with Gasteiger partial charge in [-0.3, -0.25) is 4.98 Å². The van der Waals surface area contributed by atoms with Gasteiger partial charge < -0.3 is 15.0 Å². The lowest BCUT2D eigenvalue weighted by atomic mass is 10.1. The van der Waals surface area contributed by atoms with Gasteiger partial charge in [0.1, 0.15) is 16.9 Å². The number of nitrogens with zero attached hydrogens (tertiary/aromatic N) is 2. The van der Waals surface area contributed by atoms with Gasteiger partial charge in [0, 0.05) is 37.1 Å². The summed E-state index contributed by atoms with van der Waals surface area (Å²) >= 11 is 6.06. The molecule has 5 nitrogen and oxygen atoms in total. The van der Waals surface area contributed by atoms with Crippen LogP contribution in [0.1, 0.15) is 17.5 Å². The van der Waals surface area contributed by atoms with Crippen molar-refractivity contribution < 1.29 is 9.53 Å². The summed E-state index contributed by atoms with van der Waals surface area (Å²) < 4.78 is 5.88. The zero-order valence-corrected chi connectivity index (χ0v) is 14.5. The topological polar surface area (TPSA) is 54.5 Å². The second kappa shape index (κ2) is 7.09. The molecule has 1 unspecified atom stereocenters. The van der Waals surface area contributed by atoms with Crippen LogP contribution < -0.4 is 10.1 Å². The minimum absolute atomic E-state index is 0.0598. The van der Waals surface area contributed by atoms with Crippen LogP contribution in [0.15, 0.2) is 36.7 Å². The van der Waals surface area contributed by atoms with Gasteiger partial charge >= 0.3 is 6.03 Å². The van der Waals surface area contributed by atoms with Gasteiger partial charge in [0.25, 0.3) is 0 Å². The second-order valence-corrected chi connectivity index (χ2v) is 6.42. The quantitative estimate of drug-likeness (QED) is 0.913. The van der Waals surface area contributed by atoms with E-state index in [-0.39, 0.29) is 12.1 Å². The van der Waals surface area contributed by atoms with Gasteiger partial charge in [0.05, 0.1) is 6.54 Å². The van der Waals surface area contributed by atoms with Crippen molar-refractivity contribution in [1.29, 1.82) is 0 Å². The first-order valence-electron chi connectivity index (χ1n) is 7.92. The van der Waals surface area contributed by atoms with Gasteiger partial charge in [0.2, 0.25) is 0 Å². The monoisotopic (exact) mass is 345 g/mol. The molecule has 1 aromatic heterocycles. The molecule has 2 aromatic rings.